The summed E-state index contributed by atoms with van der Waals surface area (Å²) in [6.07, 6.45) is 3.07. The van der Waals surface area contributed by atoms with Crippen molar-refractivity contribution in [1.29, 1.82) is 0 Å². The molecule has 0 unspecified atom stereocenters. The van der Waals surface area contributed by atoms with Crippen LogP contribution in [0.1, 0.15) is 32.6 Å². The first-order valence-corrected chi connectivity index (χ1v) is 14.1. The average Bonchev–Trinajstić information content (AvgIpc) is 3.49. The Balaban J connectivity index is 1.25. The van der Waals surface area contributed by atoms with E-state index in [0.29, 0.717) is 30.5 Å². The molecule has 4 aromatic rings. The van der Waals surface area contributed by atoms with Gasteiger partial charge in [0.2, 0.25) is 0 Å². The molecule has 2 aromatic carbocycles. The summed E-state index contributed by atoms with van der Waals surface area (Å²) in [5.41, 5.74) is 2.27. The number of anilines is 2. The Hall–Kier alpha value is -4.62. The van der Waals surface area contributed by atoms with Crippen molar-refractivity contribution in [3.8, 4) is 16.9 Å². The maximum atomic E-state index is 15.0. The van der Waals surface area contributed by atoms with Gasteiger partial charge >= 0.3 is 6.18 Å². The molecule has 228 valence electrons. The fourth-order valence-corrected chi connectivity index (χ4v) is 5.30. The average molecular weight is 607 g/mol. The first-order valence-electron chi connectivity index (χ1n) is 14.1. The smallest absolute Gasteiger partial charge is 0.347 e. The molecule has 2 N–H and O–H groups in total. The zero-order chi connectivity index (χ0) is 31.0. The molecule has 1 fully saturated rings. The number of pyridine rings is 1. The Labute approximate surface area is 251 Å². The van der Waals surface area contributed by atoms with Crippen molar-refractivity contribution in [3.63, 3.8) is 0 Å². The Morgan fingerprint density at radius 1 is 1.09 bits per heavy atom. The summed E-state index contributed by atoms with van der Waals surface area (Å²) in [7, 11) is 1.95. The molecule has 1 saturated heterocycles. The number of hydrogen-bond acceptors (Lipinski definition) is 7. The third-order valence-electron chi connectivity index (χ3n) is 7.85. The molecule has 0 saturated carbocycles. The van der Waals surface area contributed by atoms with Crippen molar-refractivity contribution >= 4 is 17.4 Å². The minimum Gasteiger partial charge on any atom is -0.347 e. The van der Waals surface area contributed by atoms with E-state index in [1.165, 1.54) is 10.7 Å². The number of amides is 1. The number of fused-ring (bicyclic) bond motifs is 1. The van der Waals surface area contributed by atoms with Crippen LogP contribution >= 0.6 is 0 Å². The molecule has 2 aliphatic heterocycles. The largest absolute Gasteiger partial charge is 0.419 e. The third kappa shape index (κ3) is 6.19. The zero-order valence-corrected chi connectivity index (χ0v) is 24.1. The predicted molar refractivity (Wildman–Crippen MR) is 158 cm³/mol. The minimum atomic E-state index is -4.93. The molecule has 1 amide bonds. The fourth-order valence-electron chi connectivity index (χ4n) is 5.30. The molecule has 0 aliphatic carbocycles. The Morgan fingerprint density at radius 2 is 1.89 bits per heavy atom. The Morgan fingerprint density at radius 3 is 2.66 bits per heavy atom. The van der Waals surface area contributed by atoms with Crippen molar-refractivity contribution in [1.82, 2.24) is 29.8 Å². The monoisotopic (exact) mass is 606 g/mol. The number of likely N-dealkylation sites (N-methyl/N-ethyl adjacent to an activating group) is 1. The number of hydrogen-bond donors (Lipinski definition) is 2. The maximum absolute atomic E-state index is 15.0. The van der Waals surface area contributed by atoms with Gasteiger partial charge < -0.3 is 15.5 Å². The van der Waals surface area contributed by atoms with Gasteiger partial charge in [0.1, 0.15) is 17.3 Å². The molecule has 4 heterocycles. The van der Waals surface area contributed by atoms with Crippen molar-refractivity contribution in [2.45, 2.75) is 26.1 Å². The van der Waals surface area contributed by atoms with E-state index in [-0.39, 0.29) is 23.4 Å². The number of carbonyl (C=O) groups excluding carboxylic acids is 1. The molecule has 44 heavy (non-hydrogen) atoms. The molecule has 0 radical (unpaired) electrons. The molecule has 13 heteroatoms. The first kappa shape index (κ1) is 29.5. The maximum Gasteiger partial charge on any atom is 0.419 e. The Bertz CT molecular complexity index is 1740. The lowest BCUT2D eigenvalue weighted by Crippen LogP contribution is -2.44. The summed E-state index contributed by atoms with van der Waals surface area (Å²) < 4.78 is 58.0. The van der Waals surface area contributed by atoms with Gasteiger partial charge in [-0.2, -0.15) is 13.2 Å². The number of nitrogens with zero attached hydrogens (tertiary/aromatic N) is 6. The van der Waals surface area contributed by atoms with Gasteiger partial charge in [0.15, 0.2) is 0 Å². The number of aromatic nitrogens is 4. The number of halogens is 4. The van der Waals surface area contributed by atoms with E-state index in [1.54, 1.807) is 30.6 Å². The highest BCUT2D eigenvalue weighted by Gasteiger charge is 2.36. The molecule has 2 aromatic heterocycles. The van der Waals surface area contributed by atoms with E-state index in [4.69, 9.17) is 0 Å². The van der Waals surface area contributed by atoms with E-state index in [0.717, 1.165) is 42.0 Å². The first-order chi connectivity index (χ1) is 21.0. The van der Waals surface area contributed by atoms with Crippen LogP contribution in [0.4, 0.5) is 29.1 Å². The molecule has 0 atom stereocenters. The van der Waals surface area contributed by atoms with Crippen LogP contribution < -0.4 is 10.6 Å². The van der Waals surface area contributed by atoms with Crippen LogP contribution in [0.3, 0.4) is 0 Å². The van der Waals surface area contributed by atoms with Crippen LogP contribution in [-0.2, 0) is 19.1 Å². The van der Waals surface area contributed by atoms with E-state index >= 15 is 4.39 Å². The van der Waals surface area contributed by atoms with E-state index in [1.807, 2.05) is 37.2 Å². The lowest BCUT2D eigenvalue weighted by Gasteiger charge is -2.32. The lowest BCUT2D eigenvalue weighted by molar-refractivity contribution is -0.140. The number of aryl methyl sites for hydroxylation is 1. The van der Waals surface area contributed by atoms with Gasteiger partial charge in [-0.1, -0.05) is 17.4 Å². The summed E-state index contributed by atoms with van der Waals surface area (Å²) in [6, 6.07) is 8.77. The topological polar surface area (TPSA) is 91.2 Å². The Kier molecular flexibility index (Phi) is 7.91. The highest BCUT2D eigenvalue weighted by Crippen LogP contribution is 2.35. The lowest BCUT2D eigenvalue weighted by atomic mass is 10.1. The molecule has 9 nitrogen and oxygen atoms in total. The predicted octanol–water partition coefficient (Wildman–Crippen LogP) is 5.28. The number of benzene rings is 2. The van der Waals surface area contributed by atoms with Gasteiger partial charge in [0.25, 0.3) is 5.91 Å². The summed E-state index contributed by atoms with van der Waals surface area (Å²) in [4.78, 5) is 21.7. The van der Waals surface area contributed by atoms with Gasteiger partial charge in [0, 0.05) is 61.3 Å². The number of alkyl halides is 3. The number of piperazine rings is 1. The second-order valence-electron chi connectivity index (χ2n) is 11.1. The van der Waals surface area contributed by atoms with Crippen molar-refractivity contribution in [3.05, 3.63) is 94.7 Å². The summed E-state index contributed by atoms with van der Waals surface area (Å²) >= 11 is 0. The van der Waals surface area contributed by atoms with Gasteiger partial charge in [0.05, 0.1) is 17.4 Å². The second kappa shape index (κ2) is 11.8. The van der Waals surface area contributed by atoms with Crippen LogP contribution in [0.5, 0.6) is 0 Å². The normalized spacial score (nSPS) is 15.6. The van der Waals surface area contributed by atoms with Crippen LogP contribution in [0.15, 0.2) is 61.1 Å². The van der Waals surface area contributed by atoms with Crippen molar-refractivity contribution in [2.75, 3.05) is 43.9 Å². The molecule has 0 bridgehead atoms. The fraction of sp³-hybridized carbons (Fsp3) is 0.290. The minimum absolute atomic E-state index is 0.00271. The molecule has 0 spiro atoms. The molecular weight excluding hydrogens is 576 g/mol. The number of allylic oxidation sites excluding steroid dienone is 1. The summed E-state index contributed by atoms with van der Waals surface area (Å²) in [6.45, 7) is 4.50. The number of nitrogens with one attached hydrogen (secondary N) is 2. The van der Waals surface area contributed by atoms with E-state index in [9.17, 15) is 18.0 Å². The van der Waals surface area contributed by atoms with Crippen LogP contribution in [-0.4, -0.2) is 68.9 Å². The molecular formula is C31H30F4N8O. The zero-order valence-electron chi connectivity index (χ0n) is 24.1. The second-order valence-corrected chi connectivity index (χ2v) is 11.1. The summed E-state index contributed by atoms with van der Waals surface area (Å²) in [5, 5.41) is 14.2. The number of rotatable bonds is 6. The summed E-state index contributed by atoms with van der Waals surface area (Å²) in [5.74, 6) is -1.18. The van der Waals surface area contributed by atoms with Gasteiger partial charge in [-0.25, -0.2) is 14.1 Å². The van der Waals surface area contributed by atoms with Crippen LogP contribution in [0.25, 0.3) is 16.9 Å². The standard InChI is InChI=1S/C31H30F4N8O/c1-19-5-6-21(14-27(19)43-18-26(39-40-43)22-12-20-4-3-7-36-29(20)37-16-22)30(44)38-24-13-23(17-42-10-8-41(2)9-11-42)28(32)25(15-24)31(33,34)35/h3,5-7,12-16,18H,4,8-11,17H2,1-2H3,(H,36,37)(H,38,44). The molecule has 2 aliphatic rings. The van der Waals surface area contributed by atoms with Crippen LogP contribution in [0, 0.1) is 12.7 Å². The highest BCUT2D eigenvalue weighted by molar-refractivity contribution is 6.04. The highest BCUT2D eigenvalue weighted by atomic mass is 19.4. The van der Waals surface area contributed by atoms with Crippen LogP contribution in [0.2, 0.25) is 0 Å². The van der Waals surface area contributed by atoms with Gasteiger partial charge in [-0.05, 0) is 68.1 Å². The van der Waals surface area contributed by atoms with E-state index < -0.39 is 23.5 Å². The quantitative estimate of drug-likeness (QED) is 0.289. The SMILES string of the molecule is Cc1ccc(C(=O)Nc2cc(CN3CCN(C)CC3)c(F)c(C(F)(F)F)c2)cc1-n1cc(-c2cnc3c(c2)CC=CN3)nn1. The third-order valence-corrected chi connectivity index (χ3v) is 7.85. The van der Waals surface area contributed by atoms with Crippen molar-refractivity contribution < 1.29 is 22.4 Å². The number of carbonyl (C=O) groups is 1. The molecule has 6 rings (SSSR count). The van der Waals surface area contributed by atoms with E-state index in [2.05, 4.69) is 30.8 Å². The van der Waals surface area contributed by atoms with Crippen molar-refractivity contribution in [2.24, 2.45) is 0 Å². The van der Waals surface area contributed by atoms with Gasteiger partial charge in [-0.3, -0.25) is 9.69 Å². The van der Waals surface area contributed by atoms with Gasteiger partial charge in [-0.15, -0.1) is 5.10 Å².